The number of aromatic nitrogens is 1. The number of H-pyrrole nitrogens is 1. The first-order valence-corrected chi connectivity index (χ1v) is 8.06. The molecule has 118 valence electrons. The van der Waals surface area contributed by atoms with Crippen molar-refractivity contribution in [2.45, 2.75) is 0 Å². The van der Waals surface area contributed by atoms with Crippen LogP contribution in [0.1, 0.15) is 15.9 Å². The molecule has 0 saturated heterocycles. The van der Waals surface area contributed by atoms with E-state index >= 15 is 0 Å². The Hall–Kier alpha value is -3.12. The first kappa shape index (κ1) is 14.5. The van der Waals surface area contributed by atoms with Gasteiger partial charge in [-0.3, -0.25) is 9.78 Å². The van der Waals surface area contributed by atoms with E-state index in [9.17, 15) is 9.59 Å². The minimum Gasteiger partial charge on any atom is -0.408 e. The van der Waals surface area contributed by atoms with E-state index in [0.29, 0.717) is 27.2 Å². The van der Waals surface area contributed by atoms with Crippen molar-refractivity contribution in [2.24, 2.45) is 0 Å². The molecule has 5 nitrogen and oxygen atoms in total. The summed E-state index contributed by atoms with van der Waals surface area (Å²) in [5, 5.41) is 0.467. The second-order valence-corrected chi connectivity index (χ2v) is 6.39. The summed E-state index contributed by atoms with van der Waals surface area (Å²) in [7, 11) is 0. The third-order valence-electron chi connectivity index (χ3n) is 3.75. The van der Waals surface area contributed by atoms with Crippen molar-refractivity contribution in [3.8, 4) is 10.4 Å². The standard InChI is InChI=1S/C18H12N2O3S/c19-17-12(9-15(24-17)10-4-2-1-3-5-10)16(21)11-6-7-13-14(8-11)23-18(22)20-13/h1-9H,19H2,(H,20,22). The number of anilines is 1. The normalized spacial score (nSPS) is 11.0. The molecule has 6 heteroatoms. The third-order valence-corrected chi connectivity index (χ3v) is 4.76. The van der Waals surface area contributed by atoms with Gasteiger partial charge < -0.3 is 10.2 Å². The van der Waals surface area contributed by atoms with Crippen molar-refractivity contribution < 1.29 is 9.21 Å². The lowest BCUT2D eigenvalue weighted by Gasteiger charge is -1.99. The molecule has 24 heavy (non-hydrogen) atoms. The van der Waals surface area contributed by atoms with Crippen molar-refractivity contribution in [2.75, 3.05) is 5.73 Å². The van der Waals surface area contributed by atoms with Gasteiger partial charge >= 0.3 is 5.76 Å². The zero-order valence-corrected chi connectivity index (χ0v) is 13.2. The van der Waals surface area contributed by atoms with Crippen LogP contribution in [0.25, 0.3) is 21.5 Å². The number of ketones is 1. The number of nitrogens with one attached hydrogen (secondary N) is 1. The fourth-order valence-electron chi connectivity index (χ4n) is 2.57. The van der Waals surface area contributed by atoms with Crippen molar-refractivity contribution in [3.63, 3.8) is 0 Å². The largest absolute Gasteiger partial charge is 0.417 e. The molecule has 2 heterocycles. The van der Waals surface area contributed by atoms with Gasteiger partial charge in [0.2, 0.25) is 0 Å². The molecular weight excluding hydrogens is 324 g/mol. The Morgan fingerprint density at radius 2 is 1.88 bits per heavy atom. The van der Waals surface area contributed by atoms with E-state index in [-0.39, 0.29) is 5.78 Å². The van der Waals surface area contributed by atoms with Gasteiger partial charge in [-0.2, -0.15) is 0 Å². The Morgan fingerprint density at radius 3 is 2.67 bits per heavy atom. The zero-order valence-electron chi connectivity index (χ0n) is 12.4. The SMILES string of the molecule is Nc1sc(-c2ccccc2)cc1C(=O)c1ccc2[nH]c(=O)oc2c1. The number of nitrogen functional groups attached to an aromatic ring is 1. The molecule has 0 amide bonds. The van der Waals surface area contributed by atoms with Crippen LogP contribution in [0.3, 0.4) is 0 Å². The van der Waals surface area contributed by atoms with E-state index in [0.717, 1.165) is 10.4 Å². The van der Waals surface area contributed by atoms with Gasteiger partial charge in [0, 0.05) is 10.4 Å². The summed E-state index contributed by atoms with van der Waals surface area (Å²) in [6, 6.07) is 16.4. The predicted octanol–water partition coefficient (Wildman–Crippen LogP) is 3.66. The third kappa shape index (κ3) is 2.43. The second kappa shape index (κ2) is 5.50. The van der Waals surface area contributed by atoms with Crippen LogP contribution in [0.5, 0.6) is 0 Å². The monoisotopic (exact) mass is 336 g/mol. The van der Waals surface area contributed by atoms with Crippen molar-refractivity contribution in [1.29, 1.82) is 0 Å². The molecule has 2 aromatic carbocycles. The molecular formula is C18H12N2O3S. The number of nitrogens with two attached hydrogens (primary N) is 1. The number of fused-ring (bicyclic) bond motifs is 1. The fourth-order valence-corrected chi connectivity index (χ4v) is 3.50. The average Bonchev–Trinajstić information content (AvgIpc) is 3.16. The minimum absolute atomic E-state index is 0.198. The first-order valence-electron chi connectivity index (χ1n) is 7.24. The number of hydrogen-bond donors (Lipinski definition) is 2. The van der Waals surface area contributed by atoms with Crippen LogP contribution in [0.4, 0.5) is 5.00 Å². The maximum atomic E-state index is 12.8. The summed E-state index contributed by atoms with van der Waals surface area (Å²) in [5.41, 5.74) is 8.85. The van der Waals surface area contributed by atoms with Gasteiger partial charge in [-0.15, -0.1) is 11.3 Å². The summed E-state index contributed by atoms with van der Waals surface area (Å²) in [4.78, 5) is 27.5. The molecule has 0 atom stereocenters. The van der Waals surface area contributed by atoms with Crippen LogP contribution < -0.4 is 11.5 Å². The molecule has 0 fully saturated rings. The van der Waals surface area contributed by atoms with Crippen LogP contribution in [-0.2, 0) is 0 Å². The summed E-state index contributed by atoms with van der Waals surface area (Å²) in [5.74, 6) is -0.743. The van der Waals surface area contributed by atoms with Gasteiger partial charge in [0.05, 0.1) is 16.1 Å². The summed E-state index contributed by atoms with van der Waals surface area (Å²) >= 11 is 1.38. The highest BCUT2D eigenvalue weighted by molar-refractivity contribution is 7.19. The molecule has 0 saturated carbocycles. The number of carbonyl (C=O) groups is 1. The maximum Gasteiger partial charge on any atom is 0.417 e. The van der Waals surface area contributed by atoms with Crippen LogP contribution >= 0.6 is 11.3 Å². The highest BCUT2D eigenvalue weighted by Crippen LogP contribution is 2.34. The van der Waals surface area contributed by atoms with Gasteiger partial charge in [0.25, 0.3) is 0 Å². The van der Waals surface area contributed by atoms with E-state index < -0.39 is 5.76 Å². The molecule has 0 spiro atoms. The topological polar surface area (TPSA) is 89.1 Å². The smallest absolute Gasteiger partial charge is 0.408 e. The summed E-state index contributed by atoms with van der Waals surface area (Å²) < 4.78 is 5.01. The molecule has 0 bridgehead atoms. The number of carbonyl (C=O) groups excluding carboxylic acids is 1. The number of aromatic amines is 1. The molecule has 0 aliphatic heterocycles. The molecule has 0 aliphatic carbocycles. The molecule has 4 rings (SSSR count). The molecule has 0 unspecified atom stereocenters. The van der Waals surface area contributed by atoms with E-state index in [1.165, 1.54) is 11.3 Å². The Balaban J connectivity index is 1.76. The minimum atomic E-state index is -0.545. The summed E-state index contributed by atoms with van der Waals surface area (Å²) in [6.07, 6.45) is 0. The lowest BCUT2D eigenvalue weighted by Crippen LogP contribution is -2.02. The van der Waals surface area contributed by atoms with Crippen LogP contribution in [0.15, 0.2) is 63.8 Å². The first-order chi connectivity index (χ1) is 11.6. The molecule has 0 radical (unpaired) electrons. The lowest BCUT2D eigenvalue weighted by atomic mass is 10.0. The number of hydrogen-bond acceptors (Lipinski definition) is 5. The number of oxazole rings is 1. The fraction of sp³-hybridized carbons (Fsp3) is 0. The number of thiophene rings is 1. The van der Waals surface area contributed by atoms with E-state index in [2.05, 4.69) is 4.98 Å². The predicted molar refractivity (Wildman–Crippen MR) is 94.4 cm³/mol. The molecule has 4 aromatic rings. The quantitative estimate of drug-likeness (QED) is 0.559. The van der Waals surface area contributed by atoms with E-state index in [1.807, 2.05) is 30.3 Å². The Labute approximate surface area is 140 Å². The Bertz CT molecular complexity index is 1110. The Kier molecular flexibility index (Phi) is 3.32. The van der Waals surface area contributed by atoms with Gasteiger partial charge in [0.15, 0.2) is 11.4 Å². The number of benzene rings is 2. The molecule has 3 N–H and O–H groups in total. The highest BCUT2D eigenvalue weighted by atomic mass is 32.1. The van der Waals surface area contributed by atoms with Crippen molar-refractivity contribution in [3.05, 3.63) is 76.3 Å². The molecule has 2 aromatic heterocycles. The summed E-state index contributed by atoms with van der Waals surface area (Å²) in [6.45, 7) is 0. The second-order valence-electron chi connectivity index (χ2n) is 5.31. The van der Waals surface area contributed by atoms with Crippen LogP contribution in [0, 0.1) is 0 Å². The van der Waals surface area contributed by atoms with E-state index in [4.69, 9.17) is 10.2 Å². The maximum absolute atomic E-state index is 12.8. The lowest BCUT2D eigenvalue weighted by molar-refractivity contribution is 0.104. The van der Waals surface area contributed by atoms with Crippen molar-refractivity contribution in [1.82, 2.24) is 4.98 Å². The zero-order chi connectivity index (χ0) is 16.7. The average molecular weight is 336 g/mol. The van der Waals surface area contributed by atoms with Gasteiger partial charge in [-0.05, 0) is 29.8 Å². The van der Waals surface area contributed by atoms with Gasteiger partial charge in [-0.1, -0.05) is 30.3 Å². The number of rotatable bonds is 3. The van der Waals surface area contributed by atoms with Crippen LogP contribution in [-0.4, -0.2) is 10.8 Å². The van der Waals surface area contributed by atoms with E-state index in [1.54, 1.807) is 24.3 Å². The van der Waals surface area contributed by atoms with Crippen molar-refractivity contribution >= 4 is 33.2 Å². The van der Waals surface area contributed by atoms with Gasteiger partial charge in [-0.25, -0.2) is 4.79 Å². The highest BCUT2D eigenvalue weighted by Gasteiger charge is 2.18. The molecule has 0 aliphatic rings. The van der Waals surface area contributed by atoms with Gasteiger partial charge in [0.1, 0.15) is 0 Å². The Morgan fingerprint density at radius 1 is 1.08 bits per heavy atom. The van der Waals surface area contributed by atoms with Crippen LogP contribution in [0.2, 0.25) is 0 Å².